The molecule has 0 unspecified atom stereocenters. The van der Waals surface area contributed by atoms with Crippen LogP contribution in [-0.2, 0) is 11.2 Å². The molecular weight excluding hydrogens is 278 g/mol. The second-order valence-corrected chi connectivity index (χ2v) is 5.67. The van der Waals surface area contributed by atoms with Gasteiger partial charge in [0.25, 0.3) is 0 Å². The molecule has 1 fully saturated rings. The molecule has 5 heteroatoms. The van der Waals surface area contributed by atoms with Crippen LogP contribution in [0.4, 0.5) is 10.5 Å². The van der Waals surface area contributed by atoms with Crippen LogP contribution in [0.1, 0.15) is 38.2 Å². The van der Waals surface area contributed by atoms with Gasteiger partial charge in [-0.25, -0.2) is 4.79 Å². The van der Waals surface area contributed by atoms with Gasteiger partial charge in [-0.3, -0.25) is 4.79 Å². The van der Waals surface area contributed by atoms with Gasteiger partial charge < -0.3 is 15.5 Å². The summed E-state index contributed by atoms with van der Waals surface area (Å²) in [7, 11) is 0. The lowest BCUT2D eigenvalue weighted by Gasteiger charge is -2.15. The summed E-state index contributed by atoms with van der Waals surface area (Å²) in [5.74, 6) is 0.249. The molecule has 2 N–H and O–H groups in total. The Hall–Kier alpha value is -2.04. The van der Waals surface area contributed by atoms with Gasteiger partial charge in [0, 0.05) is 31.7 Å². The second-order valence-electron chi connectivity index (χ2n) is 5.67. The minimum atomic E-state index is -0.182. The molecule has 1 aliphatic rings. The van der Waals surface area contributed by atoms with E-state index in [4.69, 9.17) is 0 Å². The fraction of sp³-hybridized carbons (Fsp3) is 0.529. The summed E-state index contributed by atoms with van der Waals surface area (Å²) in [4.78, 5) is 25.5. The van der Waals surface area contributed by atoms with Crippen LogP contribution in [0.15, 0.2) is 24.3 Å². The lowest BCUT2D eigenvalue weighted by atomic mass is 10.1. The Labute approximate surface area is 132 Å². The van der Waals surface area contributed by atoms with Crippen molar-refractivity contribution in [3.63, 3.8) is 0 Å². The number of anilines is 1. The summed E-state index contributed by atoms with van der Waals surface area (Å²) in [5.41, 5.74) is 1.88. The number of urea groups is 1. The zero-order valence-corrected chi connectivity index (χ0v) is 13.2. The molecule has 1 aromatic carbocycles. The zero-order valence-electron chi connectivity index (χ0n) is 13.2. The summed E-state index contributed by atoms with van der Waals surface area (Å²) in [5, 5.41) is 5.55. The third-order valence-corrected chi connectivity index (χ3v) is 3.83. The fourth-order valence-corrected chi connectivity index (χ4v) is 2.54. The van der Waals surface area contributed by atoms with Crippen LogP contribution in [0.5, 0.6) is 0 Å². The van der Waals surface area contributed by atoms with Crippen molar-refractivity contribution in [3.05, 3.63) is 29.8 Å². The van der Waals surface area contributed by atoms with Crippen LogP contribution in [0.25, 0.3) is 0 Å². The largest absolute Gasteiger partial charge is 0.343 e. The van der Waals surface area contributed by atoms with Crippen molar-refractivity contribution in [3.8, 4) is 0 Å². The van der Waals surface area contributed by atoms with Gasteiger partial charge in [0.1, 0.15) is 0 Å². The van der Waals surface area contributed by atoms with Crippen LogP contribution in [0, 0.1) is 0 Å². The number of nitrogens with zero attached hydrogens (tertiary/aromatic N) is 1. The molecule has 0 aliphatic carbocycles. The number of rotatable bonds is 6. The highest BCUT2D eigenvalue weighted by atomic mass is 16.2. The van der Waals surface area contributed by atoms with Crippen LogP contribution in [-0.4, -0.2) is 36.5 Å². The van der Waals surface area contributed by atoms with Gasteiger partial charge in [-0.2, -0.15) is 0 Å². The van der Waals surface area contributed by atoms with Gasteiger partial charge in [0.15, 0.2) is 0 Å². The van der Waals surface area contributed by atoms with Crippen LogP contribution in [0.3, 0.4) is 0 Å². The number of amides is 3. The number of nitrogens with one attached hydrogen (secondary N) is 2. The average Bonchev–Trinajstić information content (AvgIpc) is 3.06. The van der Waals surface area contributed by atoms with Gasteiger partial charge in [-0.15, -0.1) is 0 Å². The Morgan fingerprint density at radius 2 is 1.82 bits per heavy atom. The van der Waals surface area contributed by atoms with E-state index in [1.165, 1.54) is 0 Å². The third kappa shape index (κ3) is 5.06. The highest BCUT2D eigenvalue weighted by molar-refractivity contribution is 5.89. The van der Waals surface area contributed by atoms with E-state index in [2.05, 4.69) is 10.6 Å². The van der Waals surface area contributed by atoms with Crippen LogP contribution >= 0.6 is 0 Å². The molecule has 0 saturated carbocycles. The number of hydrogen-bond acceptors (Lipinski definition) is 2. The highest BCUT2D eigenvalue weighted by Crippen LogP contribution is 2.13. The minimum Gasteiger partial charge on any atom is -0.343 e. The molecule has 0 aromatic heterocycles. The first-order valence-electron chi connectivity index (χ1n) is 8.10. The molecule has 0 bridgehead atoms. The summed E-state index contributed by atoms with van der Waals surface area (Å²) in [6.07, 6.45) is 4.48. The van der Waals surface area contributed by atoms with Crippen molar-refractivity contribution in [2.24, 2.45) is 0 Å². The summed E-state index contributed by atoms with van der Waals surface area (Å²) in [6.45, 7) is 4.50. The van der Waals surface area contributed by atoms with E-state index in [0.717, 1.165) is 50.0 Å². The Morgan fingerprint density at radius 3 is 2.45 bits per heavy atom. The molecule has 3 amide bonds. The number of aryl methyl sites for hydroxylation is 1. The van der Waals surface area contributed by atoms with Crippen molar-refractivity contribution in [1.82, 2.24) is 10.2 Å². The normalized spacial score (nSPS) is 14.0. The van der Waals surface area contributed by atoms with E-state index in [-0.39, 0.29) is 11.9 Å². The summed E-state index contributed by atoms with van der Waals surface area (Å²) in [6, 6.07) is 7.50. The SMILES string of the molecule is CCCNC(=O)Nc1ccc(CCC(=O)N2CCCC2)cc1. The molecule has 0 spiro atoms. The van der Waals surface area contributed by atoms with E-state index >= 15 is 0 Å². The van der Waals surface area contributed by atoms with Crippen molar-refractivity contribution >= 4 is 17.6 Å². The first-order valence-corrected chi connectivity index (χ1v) is 8.10. The third-order valence-electron chi connectivity index (χ3n) is 3.83. The van der Waals surface area contributed by atoms with Gasteiger partial charge >= 0.3 is 6.03 Å². The van der Waals surface area contributed by atoms with Gasteiger partial charge in [0.05, 0.1) is 0 Å². The minimum absolute atomic E-state index is 0.182. The lowest BCUT2D eigenvalue weighted by Crippen LogP contribution is -2.29. The predicted molar refractivity (Wildman–Crippen MR) is 87.9 cm³/mol. The number of carbonyl (C=O) groups is 2. The van der Waals surface area contributed by atoms with Crippen LogP contribution in [0.2, 0.25) is 0 Å². The van der Waals surface area contributed by atoms with Crippen LogP contribution < -0.4 is 10.6 Å². The Bertz CT molecular complexity index is 493. The molecule has 5 nitrogen and oxygen atoms in total. The van der Waals surface area contributed by atoms with Gasteiger partial charge in [-0.1, -0.05) is 19.1 Å². The first-order chi connectivity index (χ1) is 10.7. The van der Waals surface area contributed by atoms with Gasteiger partial charge in [-0.05, 0) is 43.4 Å². The Kier molecular flexibility index (Phi) is 6.25. The maximum absolute atomic E-state index is 12.0. The van der Waals surface area contributed by atoms with Crippen molar-refractivity contribution in [1.29, 1.82) is 0 Å². The van der Waals surface area contributed by atoms with E-state index in [1.54, 1.807) is 0 Å². The molecule has 0 radical (unpaired) electrons. The smallest absolute Gasteiger partial charge is 0.319 e. The molecule has 0 atom stereocenters. The maximum Gasteiger partial charge on any atom is 0.319 e. The fourth-order valence-electron chi connectivity index (χ4n) is 2.54. The molecule has 1 saturated heterocycles. The molecule has 1 heterocycles. The first kappa shape index (κ1) is 16.3. The predicted octanol–water partition coefficient (Wildman–Crippen LogP) is 2.77. The van der Waals surface area contributed by atoms with E-state index in [1.807, 2.05) is 36.1 Å². The Morgan fingerprint density at radius 1 is 1.14 bits per heavy atom. The summed E-state index contributed by atoms with van der Waals surface area (Å²) < 4.78 is 0. The van der Waals surface area contributed by atoms with Gasteiger partial charge in [0.2, 0.25) is 5.91 Å². The average molecular weight is 303 g/mol. The zero-order chi connectivity index (χ0) is 15.8. The summed E-state index contributed by atoms with van der Waals surface area (Å²) >= 11 is 0. The molecular formula is C17H25N3O2. The highest BCUT2D eigenvalue weighted by Gasteiger charge is 2.17. The van der Waals surface area contributed by atoms with Crippen molar-refractivity contribution in [2.45, 2.75) is 39.0 Å². The maximum atomic E-state index is 12.0. The standard InChI is InChI=1S/C17H25N3O2/c1-2-11-18-17(22)19-15-8-5-14(6-9-15)7-10-16(21)20-12-3-4-13-20/h5-6,8-9H,2-4,7,10-13H2,1H3,(H2,18,19,22). The number of hydrogen-bond donors (Lipinski definition) is 2. The topological polar surface area (TPSA) is 61.4 Å². The number of carbonyl (C=O) groups excluding carboxylic acids is 2. The molecule has 1 aromatic rings. The second kappa shape index (κ2) is 8.41. The number of likely N-dealkylation sites (tertiary alicyclic amines) is 1. The number of benzene rings is 1. The molecule has 2 rings (SSSR count). The van der Waals surface area contributed by atoms with Crippen molar-refractivity contribution in [2.75, 3.05) is 25.0 Å². The monoisotopic (exact) mass is 303 g/mol. The lowest BCUT2D eigenvalue weighted by molar-refractivity contribution is -0.130. The van der Waals surface area contributed by atoms with Crippen molar-refractivity contribution < 1.29 is 9.59 Å². The molecule has 1 aliphatic heterocycles. The Balaban J connectivity index is 1.76. The van der Waals surface area contributed by atoms with E-state index in [0.29, 0.717) is 13.0 Å². The molecule has 22 heavy (non-hydrogen) atoms. The van der Waals surface area contributed by atoms with E-state index in [9.17, 15) is 9.59 Å². The quantitative estimate of drug-likeness (QED) is 0.849. The van der Waals surface area contributed by atoms with E-state index < -0.39 is 0 Å². The molecule has 120 valence electrons.